The van der Waals surface area contributed by atoms with Crippen molar-refractivity contribution in [3.63, 3.8) is 0 Å². The summed E-state index contributed by atoms with van der Waals surface area (Å²) in [5, 5.41) is 2.41. The lowest BCUT2D eigenvalue weighted by atomic mass is 10.1. The number of ether oxygens (including phenoxy) is 2. The zero-order valence-electron chi connectivity index (χ0n) is 15.4. The number of pyridine rings is 1. The van der Waals surface area contributed by atoms with Gasteiger partial charge in [-0.2, -0.15) is 0 Å². The van der Waals surface area contributed by atoms with E-state index in [9.17, 15) is 9.18 Å². The number of nitrogens with zero attached hydrogens (tertiary/aromatic N) is 3. The number of hydrogen-bond acceptors (Lipinski definition) is 6. The average molecular weight is 374 g/mol. The highest BCUT2D eigenvalue weighted by Crippen LogP contribution is 2.29. The van der Waals surface area contributed by atoms with Crippen LogP contribution >= 0.6 is 0 Å². The molecule has 1 N–H and O–H groups in total. The summed E-state index contributed by atoms with van der Waals surface area (Å²) in [6.45, 7) is 3.75. The maximum absolute atomic E-state index is 13.9. The first-order chi connectivity index (χ1) is 13.1. The molecule has 0 atom stereocenters. The molecule has 7 nitrogen and oxygen atoms in total. The number of benzene rings is 1. The Morgan fingerprint density at radius 2 is 2.00 bits per heavy atom. The van der Waals surface area contributed by atoms with Gasteiger partial charge in [-0.15, -0.1) is 0 Å². The average Bonchev–Trinajstić information content (AvgIpc) is 2.70. The van der Waals surface area contributed by atoms with Crippen LogP contribution in [0.5, 0.6) is 11.5 Å². The van der Waals surface area contributed by atoms with E-state index < -0.39 is 6.09 Å². The van der Waals surface area contributed by atoms with Gasteiger partial charge < -0.3 is 19.7 Å². The predicted molar refractivity (Wildman–Crippen MR) is 99.8 cm³/mol. The molecule has 0 unspecified atom stereocenters. The van der Waals surface area contributed by atoms with Gasteiger partial charge in [-0.1, -0.05) is 6.07 Å². The van der Waals surface area contributed by atoms with Crippen molar-refractivity contribution in [1.29, 1.82) is 0 Å². The first-order valence-electron chi connectivity index (χ1n) is 8.75. The van der Waals surface area contributed by atoms with Crippen LogP contribution in [-0.4, -0.2) is 56.3 Å². The van der Waals surface area contributed by atoms with Crippen LogP contribution in [0.2, 0.25) is 0 Å². The molecule has 0 saturated carbocycles. The second-order valence-electron chi connectivity index (χ2n) is 6.20. The van der Waals surface area contributed by atoms with E-state index in [1.54, 1.807) is 18.3 Å². The molecule has 3 rings (SSSR count). The van der Waals surface area contributed by atoms with Gasteiger partial charge in [0.05, 0.1) is 7.11 Å². The molecule has 0 bridgehead atoms. The lowest BCUT2D eigenvalue weighted by Crippen LogP contribution is -2.46. The van der Waals surface area contributed by atoms with Crippen molar-refractivity contribution in [3.05, 3.63) is 47.9 Å². The van der Waals surface area contributed by atoms with E-state index in [-0.39, 0.29) is 5.82 Å². The Balaban J connectivity index is 1.60. The van der Waals surface area contributed by atoms with Gasteiger partial charge in [0, 0.05) is 46.0 Å². The Kier molecular flexibility index (Phi) is 6.08. The minimum absolute atomic E-state index is 0.289. The number of methoxy groups -OCH3 is 1. The third kappa shape index (κ3) is 4.65. The molecule has 0 spiro atoms. The molecule has 2 aromatic rings. The summed E-state index contributed by atoms with van der Waals surface area (Å²) >= 11 is 0. The zero-order valence-corrected chi connectivity index (χ0v) is 15.4. The number of aromatic nitrogens is 1. The first kappa shape index (κ1) is 18.9. The van der Waals surface area contributed by atoms with Crippen LogP contribution in [0.1, 0.15) is 5.56 Å². The van der Waals surface area contributed by atoms with Gasteiger partial charge in [-0.25, -0.2) is 14.2 Å². The molecule has 1 aliphatic heterocycles. The SMILES string of the molecule is CNC(=O)Oc1ccc(CN2CCN(c3ncccc3F)CC2)cc1OC. The molecule has 1 amide bonds. The molecule has 1 fully saturated rings. The highest BCUT2D eigenvalue weighted by atomic mass is 19.1. The summed E-state index contributed by atoms with van der Waals surface area (Å²) < 4.78 is 24.4. The van der Waals surface area contributed by atoms with Crippen LogP contribution in [-0.2, 0) is 6.54 Å². The molecular weight excluding hydrogens is 351 g/mol. The van der Waals surface area contributed by atoms with Crippen molar-refractivity contribution in [2.24, 2.45) is 0 Å². The quantitative estimate of drug-likeness (QED) is 0.866. The zero-order chi connectivity index (χ0) is 19.2. The Labute approximate surface area is 157 Å². The highest BCUT2D eigenvalue weighted by molar-refractivity contribution is 5.71. The lowest BCUT2D eigenvalue weighted by Gasteiger charge is -2.35. The maximum Gasteiger partial charge on any atom is 0.412 e. The fourth-order valence-corrected chi connectivity index (χ4v) is 3.03. The molecule has 0 aliphatic carbocycles. The first-order valence-corrected chi connectivity index (χ1v) is 8.75. The van der Waals surface area contributed by atoms with E-state index in [4.69, 9.17) is 9.47 Å². The fourth-order valence-electron chi connectivity index (χ4n) is 3.03. The smallest absolute Gasteiger partial charge is 0.412 e. The van der Waals surface area contributed by atoms with Gasteiger partial charge in [0.25, 0.3) is 0 Å². The summed E-state index contributed by atoms with van der Waals surface area (Å²) in [6, 6.07) is 8.53. The monoisotopic (exact) mass is 374 g/mol. The number of piperazine rings is 1. The van der Waals surface area contributed by atoms with E-state index >= 15 is 0 Å². The Bertz CT molecular complexity index is 794. The predicted octanol–water partition coefficient (Wildman–Crippen LogP) is 2.27. The number of amides is 1. The Hall–Kier alpha value is -2.87. The largest absolute Gasteiger partial charge is 0.493 e. The van der Waals surface area contributed by atoms with E-state index in [0.717, 1.165) is 25.2 Å². The summed E-state index contributed by atoms with van der Waals surface area (Å²) in [4.78, 5) is 19.8. The lowest BCUT2D eigenvalue weighted by molar-refractivity contribution is 0.200. The third-order valence-corrected chi connectivity index (χ3v) is 4.45. The normalized spacial score (nSPS) is 14.7. The van der Waals surface area contributed by atoms with Crippen molar-refractivity contribution >= 4 is 11.9 Å². The van der Waals surface area contributed by atoms with Crippen molar-refractivity contribution in [2.45, 2.75) is 6.54 Å². The van der Waals surface area contributed by atoms with Gasteiger partial charge >= 0.3 is 6.09 Å². The molecule has 1 aromatic heterocycles. The van der Waals surface area contributed by atoms with E-state index in [2.05, 4.69) is 15.2 Å². The van der Waals surface area contributed by atoms with Gasteiger partial charge in [0.15, 0.2) is 23.1 Å². The molecule has 27 heavy (non-hydrogen) atoms. The molecule has 8 heteroatoms. The van der Waals surface area contributed by atoms with Crippen molar-refractivity contribution < 1.29 is 18.7 Å². The highest BCUT2D eigenvalue weighted by Gasteiger charge is 2.20. The maximum atomic E-state index is 13.9. The number of hydrogen-bond donors (Lipinski definition) is 1. The minimum atomic E-state index is -0.543. The number of carbonyl (C=O) groups excluding carboxylic acids is 1. The van der Waals surface area contributed by atoms with Gasteiger partial charge in [-0.05, 0) is 29.8 Å². The number of carbonyl (C=O) groups is 1. The number of halogens is 1. The summed E-state index contributed by atoms with van der Waals surface area (Å²) in [5.41, 5.74) is 1.05. The molecule has 2 heterocycles. The Morgan fingerprint density at radius 3 is 2.67 bits per heavy atom. The summed E-state index contributed by atoms with van der Waals surface area (Å²) in [6.07, 6.45) is 1.07. The summed E-state index contributed by atoms with van der Waals surface area (Å²) in [5.74, 6) is 0.998. The fraction of sp³-hybridized carbons (Fsp3) is 0.368. The molecule has 0 radical (unpaired) electrons. The van der Waals surface area contributed by atoms with Crippen LogP contribution in [0, 0.1) is 5.82 Å². The van der Waals surface area contributed by atoms with Crippen LogP contribution in [0.3, 0.4) is 0 Å². The van der Waals surface area contributed by atoms with Crippen molar-refractivity contribution in [2.75, 3.05) is 45.2 Å². The molecule has 1 saturated heterocycles. The van der Waals surface area contributed by atoms with Crippen LogP contribution in [0.25, 0.3) is 0 Å². The van der Waals surface area contributed by atoms with E-state index in [1.165, 1.54) is 20.2 Å². The topological polar surface area (TPSA) is 66.9 Å². The van der Waals surface area contributed by atoms with Crippen molar-refractivity contribution in [1.82, 2.24) is 15.2 Å². The van der Waals surface area contributed by atoms with Crippen LogP contribution < -0.4 is 19.7 Å². The summed E-state index contributed by atoms with van der Waals surface area (Å²) in [7, 11) is 3.04. The number of rotatable bonds is 5. The van der Waals surface area contributed by atoms with Gasteiger partial charge in [0.1, 0.15) is 0 Å². The van der Waals surface area contributed by atoms with Crippen LogP contribution in [0.15, 0.2) is 36.5 Å². The second-order valence-corrected chi connectivity index (χ2v) is 6.20. The van der Waals surface area contributed by atoms with Crippen LogP contribution in [0.4, 0.5) is 15.0 Å². The molecule has 144 valence electrons. The van der Waals surface area contributed by atoms with Crippen molar-refractivity contribution in [3.8, 4) is 11.5 Å². The standard InChI is InChI=1S/C19H23FN4O3/c1-21-19(25)27-16-6-5-14(12-17(16)26-2)13-23-8-10-24(11-9-23)18-15(20)4-3-7-22-18/h3-7,12H,8-11,13H2,1-2H3,(H,21,25). The molecular formula is C19H23FN4O3. The number of anilines is 1. The van der Waals surface area contributed by atoms with E-state index in [1.807, 2.05) is 17.0 Å². The number of nitrogens with one attached hydrogen (secondary N) is 1. The van der Waals surface area contributed by atoms with Gasteiger partial charge in [0.2, 0.25) is 0 Å². The van der Waals surface area contributed by atoms with E-state index in [0.29, 0.717) is 30.4 Å². The van der Waals surface area contributed by atoms with Gasteiger partial charge in [-0.3, -0.25) is 4.90 Å². The third-order valence-electron chi connectivity index (χ3n) is 4.45. The minimum Gasteiger partial charge on any atom is -0.493 e. The second kappa shape index (κ2) is 8.68. The molecule has 1 aliphatic rings. The Morgan fingerprint density at radius 1 is 1.22 bits per heavy atom. The molecule has 1 aromatic carbocycles.